The third kappa shape index (κ3) is 5.04. The number of benzene rings is 3. The fourth-order valence-corrected chi connectivity index (χ4v) is 4.97. The Hall–Kier alpha value is -4.25. The molecule has 40 heavy (non-hydrogen) atoms. The van der Waals surface area contributed by atoms with Crippen molar-refractivity contribution in [2.24, 2.45) is 0 Å². The number of ether oxygens (including phenoxy) is 4. The van der Waals surface area contributed by atoms with Gasteiger partial charge in [0.05, 0.1) is 20.8 Å². The van der Waals surface area contributed by atoms with E-state index in [0.29, 0.717) is 11.5 Å². The summed E-state index contributed by atoms with van der Waals surface area (Å²) < 4.78 is 39.4. The van der Waals surface area contributed by atoms with Crippen molar-refractivity contribution >= 4 is 0 Å². The van der Waals surface area contributed by atoms with Crippen molar-refractivity contribution in [3.63, 3.8) is 0 Å². The number of hydrogen-bond acceptors (Lipinski definition) is 7. The summed E-state index contributed by atoms with van der Waals surface area (Å²) in [5.74, 6) is 1.31. The van der Waals surface area contributed by atoms with Gasteiger partial charge in [0.1, 0.15) is 29.3 Å². The van der Waals surface area contributed by atoms with Crippen molar-refractivity contribution < 1.29 is 28.4 Å². The molecule has 2 N–H and O–H groups in total. The summed E-state index contributed by atoms with van der Waals surface area (Å²) in [6, 6.07) is 25.4. The first-order valence-electron chi connectivity index (χ1n) is 12.6. The summed E-state index contributed by atoms with van der Waals surface area (Å²) in [6.07, 6.45) is -4.97. The number of H-pyrrole nitrogens is 1. The zero-order valence-electron chi connectivity index (χ0n) is 21.9. The molecule has 1 aliphatic heterocycles. The minimum atomic E-state index is -1.94. The standard InChI is InChI=1S/C30H29FN2O7/c1-37-22-12-8-20(9-13-22)30(19-6-4-3-5-7-19,21-10-14-23(38-2)15-11-21)39-18-24-27(35)26(31)28(40-24)33-17-16-25(34)32-29(33)36/h3-17,24,26-28,35H,18H2,1-2H3,(H,32,34,36)/t24-,26-,27?,28-/m1/s1. The average Bonchev–Trinajstić information content (AvgIpc) is 3.27. The van der Waals surface area contributed by atoms with Crippen LogP contribution < -0.4 is 20.7 Å². The highest BCUT2D eigenvalue weighted by Crippen LogP contribution is 2.43. The van der Waals surface area contributed by atoms with E-state index in [9.17, 15) is 14.7 Å². The first kappa shape index (κ1) is 27.3. The number of aromatic nitrogens is 2. The van der Waals surface area contributed by atoms with Crippen LogP contribution in [-0.4, -0.2) is 53.9 Å². The predicted molar refractivity (Wildman–Crippen MR) is 144 cm³/mol. The smallest absolute Gasteiger partial charge is 0.330 e. The van der Waals surface area contributed by atoms with Crippen LogP contribution in [0.4, 0.5) is 4.39 Å². The van der Waals surface area contributed by atoms with Crippen molar-refractivity contribution in [2.75, 3.05) is 20.8 Å². The van der Waals surface area contributed by atoms with E-state index in [1.807, 2.05) is 78.9 Å². The largest absolute Gasteiger partial charge is 0.497 e. The first-order chi connectivity index (χ1) is 19.4. The molecule has 0 amide bonds. The molecule has 2 heterocycles. The number of halogens is 1. The summed E-state index contributed by atoms with van der Waals surface area (Å²) in [5, 5.41) is 10.8. The minimum Gasteiger partial charge on any atom is -0.497 e. The first-order valence-corrected chi connectivity index (χ1v) is 12.6. The number of hydrogen-bond donors (Lipinski definition) is 2. The van der Waals surface area contributed by atoms with Gasteiger partial charge in [-0.15, -0.1) is 0 Å². The lowest BCUT2D eigenvalue weighted by Crippen LogP contribution is -2.39. The second-order valence-electron chi connectivity index (χ2n) is 9.33. The second kappa shape index (κ2) is 11.5. The number of nitrogens with one attached hydrogen (secondary N) is 1. The fraction of sp³-hybridized carbons (Fsp3) is 0.267. The van der Waals surface area contributed by atoms with E-state index in [-0.39, 0.29) is 6.61 Å². The molecule has 1 fully saturated rings. The lowest BCUT2D eigenvalue weighted by atomic mass is 9.80. The van der Waals surface area contributed by atoms with Crippen LogP contribution in [0, 0.1) is 0 Å². The molecular weight excluding hydrogens is 519 g/mol. The highest BCUT2D eigenvalue weighted by atomic mass is 19.1. The van der Waals surface area contributed by atoms with Gasteiger partial charge >= 0.3 is 5.69 Å². The molecule has 0 spiro atoms. The summed E-state index contributed by atoms with van der Waals surface area (Å²) >= 11 is 0. The van der Waals surface area contributed by atoms with E-state index >= 15 is 4.39 Å². The van der Waals surface area contributed by atoms with Crippen LogP contribution >= 0.6 is 0 Å². The van der Waals surface area contributed by atoms with Gasteiger partial charge in [-0.25, -0.2) is 9.18 Å². The van der Waals surface area contributed by atoms with Gasteiger partial charge in [-0.1, -0.05) is 54.6 Å². The van der Waals surface area contributed by atoms with Crippen LogP contribution in [0.25, 0.3) is 0 Å². The number of alkyl halides is 1. The molecule has 4 aromatic rings. The second-order valence-corrected chi connectivity index (χ2v) is 9.33. The quantitative estimate of drug-likeness (QED) is 0.309. The summed E-state index contributed by atoms with van der Waals surface area (Å²) in [6.45, 7) is -0.233. The third-order valence-electron chi connectivity index (χ3n) is 7.06. The van der Waals surface area contributed by atoms with E-state index in [1.54, 1.807) is 14.2 Å². The lowest BCUT2D eigenvalue weighted by molar-refractivity contribution is -0.0950. The van der Waals surface area contributed by atoms with Gasteiger partial charge in [-0.05, 0) is 41.0 Å². The van der Waals surface area contributed by atoms with E-state index in [1.165, 1.54) is 0 Å². The van der Waals surface area contributed by atoms with Gasteiger partial charge in [-0.3, -0.25) is 14.3 Å². The molecule has 1 aliphatic rings. The zero-order chi connectivity index (χ0) is 28.3. The molecule has 208 valence electrons. The van der Waals surface area contributed by atoms with Crippen LogP contribution in [0.15, 0.2) is 101 Å². The number of aromatic amines is 1. The maximum absolute atomic E-state index is 15.2. The van der Waals surface area contributed by atoms with Crippen molar-refractivity contribution in [2.45, 2.75) is 30.2 Å². The Kier molecular flexibility index (Phi) is 7.83. The Balaban J connectivity index is 1.56. The van der Waals surface area contributed by atoms with E-state index in [2.05, 4.69) is 4.98 Å². The molecule has 0 bridgehead atoms. The van der Waals surface area contributed by atoms with Crippen molar-refractivity contribution in [3.8, 4) is 11.5 Å². The Morgan fingerprint density at radius 2 is 1.43 bits per heavy atom. The van der Waals surface area contributed by atoms with E-state index in [0.717, 1.165) is 33.5 Å². The number of nitrogens with zero attached hydrogens (tertiary/aromatic N) is 1. The average molecular weight is 549 g/mol. The van der Waals surface area contributed by atoms with Crippen molar-refractivity contribution in [1.82, 2.24) is 9.55 Å². The van der Waals surface area contributed by atoms with Gasteiger partial charge in [0, 0.05) is 12.3 Å². The van der Waals surface area contributed by atoms with Crippen LogP contribution in [0.2, 0.25) is 0 Å². The molecule has 10 heteroatoms. The van der Waals surface area contributed by atoms with Gasteiger partial charge in [0.15, 0.2) is 12.4 Å². The van der Waals surface area contributed by atoms with Gasteiger partial charge in [0.2, 0.25) is 0 Å². The molecule has 0 saturated carbocycles. The fourth-order valence-electron chi connectivity index (χ4n) is 4.97. The predicted octanol–water partition coefficient (Wildman–Crippen LogP) is 3.16. The topological polar surface area (TPSA) is 112 Å². The third-order valence-corrected chi connectivity index (χ3v) is 7.06. The number of aliphatic hydroxyl groups excluding tert-OH is 1. The zero-order valence-corrected chi connectivity index (χ0v) is 21.9. The SMILES string of the molecule is COc1ccc(C(OC[C@H]2O[C@@H](n3ccc(=O)[nH]c3=O)[C@H](F)C2O)(c2ccccc2)c2ccc(OC)cc2)cc1. The normalized spacial score (nSPS) is 20.8. The Morgan fingerprint density at radius 1 is 0.875 bits per heavy atom. The molecular formula is C30H29FN2O7. The molecule has 1 aromatic heterocycles. The van der Waals surface area contributed by atoms with Crippen molar-refractivity contribution in [1.29, 1.82) is 0 Å². The maximum atomic E-state index is 15.2. The molecule has 0 radical (unpaired) electrons. The Morgan fingerprint density at radius 3 is 1.95 bits per heavy atom. The Labute approximate surface area is 229 Å². The highest BCUT2D eigenvalue weighted by molar-refractivity contribution is 5.49. The summed E-state index contributed by atoms with van der Waals surface area (Å²) in [7, 11) is 3.16. The number of rotatable bonds is 9. The number of methoxy groups -OCH3 is 2. The monoisotopic (exact) mass is 548 g/mol. The lowest BCUT2D eigenvalue weighted by Gasteiger charge is -2.37. The molecule has 1 unspecified atom stereocenters. The van der Waals surface area contributed by atoms with Gasteiger partial charge in [-0.2, -0.15) is 0 Å². The minimum absolute atomic E-state index is 0.233. The van der Waals surface area contributed by atoms with Crippen LogP contribution in [-0.2, 0) is 15.1 Å². The van der Waals surface area contributed by atoms with Gasteiger partial charge in [0.25, 0.3) is 5.56 Å². The summed E-state index contributed by atoms with van der Waals surface area (Å²) in [4.78, 5) is 25.8. The molecule has 4 atom stereocenters. The molecule has 5 rings (SSSR count). The van der Waals surface area contributed by atoms with Crippen LogP contribution in [0.3, 0.4) is 0 Å². The highest BCUT2D eigenvalue weighted by Gasteiger charge is 2.47. The van der Waals surface area contributed by atoms with Gasteiger partial charge < -0.3 is 24.1 Å². The molecule has 9 nitrogen and oxygen atoms in total. The summed E-state index contributed by atoms with van der Waals surface area (Å²) in [5.41, 5.74) is -0.389. The molecule has 3 aromatic carbocycles. The molecule has 1 saturated heterocycles. The Bertz CT molecular complexity index is 1490. The van der Waals surface area contributed by atoms with Crippen LogP contribution in [0.5, 0.6) is 11.5 Å². The van der Waals surface area contributed by atoms with Crippen molar-refractivity contribution in [3.05, 3.63) is 129 Å². The molecule has 0 aliphatic carbocycles. The number of aliphatic hydroxyl groups is 1. The van der Waals surface area contributed by atoms with Crippen LogP contribution in [0.1, 0.15) is 22.9 Å². The van der Waals surface area contributed by atoms with E-state index in [4.69, 9.17) is 18.9 Å². The maximum Gasteiger partial charge on any atom is 0.330 e. The van der Waals surface area contributed by atoms with E-state index < -0.39 is 41.5 Å².